The Balaban J connectivity index is 4.09. The van der Waals surface area contributed by atoms with Crippen LogP contribution in [0, 0.1) is 5.41 Å². The highest BCUT2D eigenvalue weighted by Gasteiger charge is 2.69. The lowest BCUT2D eigenvalue weighted by Gasteiger charge is -2.50. The normalized spacial score (nSPS) is 20.1. The highest BCUT2D eigenvalue weighted by atomic mass is 16.4. The van der Waals surface area contributed by atoms with Crippen molar-refractivity contribution >= 4 is 41.3 Å². The number of carbonyl (C=O) groups is 7. The van der Waals surface area contributed by atoms with Crippen molar-refractivity contribution in [1.82, 2.24) is 10.2 Å². The number of carbonyl (C=O) groups excluding carboxylic acids is 4. The van der Waals surface area contributed by atoms with Crippen molar-refractivity contribution in [3.05, 3.63) is 0 Å². The van der Waals surface area contributed by atoms with E-state index in [0.717, 1.165) is 6.92 Å². The van der Waals surface area contributed by atoms with Crippen molar-refractivity contribution < 1.29 is 48.9 Å². The van der Waals surface area contributed by atoms with Crippen LogP contribution >= 0.6 is 0 Å². The number of amides is 2. The molecule has 2 amide bonds. The van der Waals surface area contributed by atoms with Gasteiger partial charge in [-0.25, -0.2) is 4.79 Å². The van der Waals surface area contributed by atoms with Crippen LogP contribution in [0.5, 0.6) is 0 Å². The van der Waals surface area contributed by atoms with E-state index in [4.69, 9.17) is 27.4 Å². The predicted molar refractivity (Wildman–Crippen MR) is 126 cm³/mol. The molecule has 1 saturated heterocycles. The van der Waals surface area contributed by atoms with Crippen molar-refractivity contribution in [3.8, 4) is 0 Å². The van der Waals surface area contributed by atoms with Crippen molar-refractivity contribution in [2.45, 2.75) is 76.0 Å². The highest BCUT2D eigenvalue weighted by molar-refractivity contribution is 6.21. The number of rotatable bonds is 15. The van der Waals surface area contributed by atoms with Crippen LogP contribution in [0.4, 0.5) is 0 Å². The molecule has 1 rings (SSSR count). The first kappa shape index (κ1) is 31.8. The van der Waals surface area contributed by atoms with Gasteiger partial charge in [-0.15, -0.1) is 0 Å². The number of Topliss-reactive ketones (excluding diaryl/α,β-unsaturated/α-hetero) is 2. The molecule has 0 saturated carbocycles. The van der Waals surface area contributed by atoms with Crippen LogP contribution in [-0.2, 0) is 33.6 Å². The molecule has 0 spiro atoms. The molecule has 208 valence electrons. The molecule has 5 atom stereocenters. The van der Waals surface area contributed by atoms with E-state index < -0.39 is 103 Å². The Kier molecular flexibility index (Phi) is 11.0. The van der Waals surface area contributed by atoms with Gasteiger partial charge in [0, 0.05) is 6.42 Å². The van der Waals surface area contributed by atoms with Gasteiger partial charge in [-0.2, -0.15) is 0 Å². The van der Waals surface area contributed by atoms with Crippen LogP contribution in [0.25, 0.3) is 0 Å². The van der Waals surface area contributed by atoms with Gasteiger partial charge in [-0.05, 0) is 39.2 Å². The zero-order valence-electron chi connectivity index (χ0n) is 20.8. The summed E-state index contributed by atoms with van der Waals surface area (Å²) in [7, 11) is 0. The van der Waals surface area contributed by atoms with Crippen LogP contribution in [0.2, 0.25) is 0 Å². The molecule has 1 aliphatic rings. The lowest BCUT2D eigenvalue weighted by Crippen LogP contribution is -2.78. The van der Waals surface area contributed by atoms with Gasteiger partial charge in [-0.3, -0.25) is 33.7 Å². The maximum atomic E-state index is 13.9. The summed E-state index contributed by atoms with van der Waals surface area (Å²) in [6, 6.07) is -4.98. The summed E-state index contributed by atoms with van der Waals surface area (Å²) in [6.07, 6.45) is -2.10. The first-order valence-corrected chi connectivity index (χ1v) is 11.7. The Hall–Kier alpha value is -3.27. The van der Waals surface area contributed by atoms with Gasteiger partial charge in [0.15, 0.2) is 11.6 Å². The third-order valence-electron chi connectivity index (χ3n) is 6.82. The number of hydrogen-bond donors (Lipinski definition) is 7. The summed E-state index contributed by atoms with van der Waals surface area (Å²) in [5, 5.41) is 31.5. The standard InChI is InChI=1S/C22H35N5O10/c1-3-21(2,14(28)10-23)22(20(36)37,17(33)11(24)6-7-15(29)30)27(18(34)12(25)9-16(31)32)19(35)13-5-4-8-26-13/h11-13,26H,3-10,23-25H2,1-2H3,(H,29,30)(H,31,32)(H,36,37). The SMILES string of the molecule is CCC(C)(C(=O)CN)C(C(=O)O)(C(=O)C(N)CCC(=O)O)N(C(=O)C(N)CC(=O)O)C(=O)C1CCCN1. The number of nitrogens with two attached hydrogens (primary N) is 3. The summed E-state index contributed by atoms with van der Waals surface area (Å²) in [6.45, 7) is 1.91. The molecule has 15 nitrogen and oxygen atoms in total. The number of carboxylic acids is 3. The van der Waals surface area contributed by atoms with Crippen LogP contribution < -0.4 is 22.5 Å². The zero-order valence-corrected chi connectivity index (χ0v) is 20.8. The molecule has 0 radical (unpaired) electrons. The van der Waals surface area contributed by atoms with Crippen LogP contribution in [-0.4, -0.2) is 98.3 Å². The summed E-state index contributed by atoms with van der Waals surface area (Å²) >= 11 is 0. The number of imide groups is 1. The number of nitrogens with one attached hydrogen (secondary N) is 1. The fourth-order valence-electron chi connectivity index (χ4n) is 4.56. The van der Waals surface area contributed by atoms with E-state index in [1.165, 1.54) is 6.92 Å². The van der Waals surface area contributed by atoms with Crippen LogP contribution in [0.15, 0.2) is 0 Å². The van der Waals surface area contributed by atoms with Crippen molar-refractivity contribution in [2.24, 2.45) is 22.6 Å². The van der Waals surface area contributed by atoms with Crippen molar-refractivity contribution in [2.75, 3.05) is 13.1 Å². The van der Waals surface area contributed by atoms with Gasteiger partial charge in [0.05, 0.1) is 36.5 Å². The first-order chi connectivity index (χ1) is 17.1. The van der Waals surface area contributed by atoms with E-state index in [0.29, 0.717) is 13.0 Å². The van der Waals surface area contributed by atoms with Gasteiger partial charge in [-0.1, -0.05) is 6.92 Å². The lowest BCUT2D eigenvalue weighted by molar-refractivity contribution is -0.184. The molecule has 5 unspecified atom stereocenters. The first-order valence-electron chi connectivity index (χ1n) is 11.7. The molecule has 0 aromatic heterocycles. The van der Waals surface area contributed by atoms with E-state index in [1.54, 1.807) is 0 Å². The van der Waals surface area contributed by atoms with Crippen molar-refractivity contribution in [1.29, 1.82) is 0 Å². The zero-order chi connectivity index (χ0) is 28.7. The molecule has 0 bridgehead atoms. The Bertz CT molecular complexity index is 950. The van der Waals surface area contributed by atoms with Gasteiger partial charge < -0.3 is 37.8 Å². The molecule has 15 heteroatoms. The van der Waals surface area contributed by atoms with E-state index in [1.807, 2.05) is 0 Å². The fourth-order valence-corrected chi connectivity index (χ4v) is 4.56. The number of ketones is 2. The third-order valence-corrected chi connectivity index (χ3v) is 6.82. The second kappa shape index (κ2) is 12.8. The lowest BCUT2D eigenvalue weighted by atomic mass is 9.61. The number of hydrogen-bond acceptors (Lipinski definition) is 11. The molecule has 1 aliphatic heterocycles. The molecule has 10 N–H and O–H groups in total. The minimum Gasteiger partial charge on any atom is -0.481 e. The molecular formula is C22H35N5O10. The molecule has 37 heavy (non-hydrogen) atoms. The number of aliphatic carboxylic acids is 3. The smallest absolute Gasteiger partial charge is 0.339 e. The highest BCUT2D eigenvalue weighted by Crippen LogP contribution is 2.43. The monoisotopic (exact) mass is 529 g/mol. The number of nitrogens with zero attached hydrogens (tertiary/aromatic N) is 1. The second-order valence-electron chi connectivity index (χ2n) is 9.10. The van der Waals surface area contributed by atoms with Crippen LogP contribution in [0.3, 0.4) is 0 Å². The molecule has 0 aromatic carbocycles. The topological polar surface area (TPSA) is 274 Å². The molecular weight excluding hydrogens is 494 g/mol. The summed E-state index contributed by atoms with van der Waals surface area (Å²) in [4.78, 5) is 90.0. The van der Waals surface area contributed by atoms with E-state index in [-0.39, 0.29) is 11.3 Å². The van der Waals surface area contributed by atoms with Gasteiger partial charge in [0.25, 0.3) is 0 Å². The number of carboxylic acid groups (broad SMARTS) is 3. The molecule has 0 aliphatic carbocycles. The van der Waals surface area contributed by atoms with Crippen LogP contribution in [0.1, 0.15) is 52.4 Å². The summed E-state index contributed by atoms with van der Waals surface area (Å²) < 4.78 is 0. The molecule has 1 fully saturated rings. The maximum Gasteiger partial charge on any atom is 0.339 e. The van der Waals surface area contributed by atoms with E-state index in [2.05, 4.69) is 5.32 Å². The maximum absolute atomic E-state index is 13.9. The van der Waals surface area contributed by atoms with Gasteiger partial charge in [0.2, 0.25) is 17.4 Å². The Morgan fingerprint density at radius 1 is 1.03 bits per heavy atom. The van der Waals surface area contributed by atoms with E-state index >= 15 is 0 Å². The average Bonchev–Trinajstić information content (AvgIpc) is 3.37. The third kappa shape index (κ3) is 6.18. The Morgan fingerprint density at radius 3 is 2.03 bits per heavy atom. The summed E-state index contributed by atoms with van der Waals surface area (Å²) in [5.74, 6) is -10.2. The van der Waals surface area contributed by atoms with Crippen molar-refractivity contribution in [3.63, 3.8) is 0 Å². The quantitative estimate of drug-likeness (QED) is 0.107. The van der Waals surface area contributed by atoms with Gasteiger partial charge in [0.1, 0.15) is 0 Å². The second-order valence-corrected chi connectivity index (χ2v) is 9.10. The van der Waals surface area contributed by atoms with Gasteiger partial charge >= 0.3 is 17.9 Å². The minimum atomic E-state index is -3.31. The molecule has 0 aromatic rings. The Morgan fingerprint density at radius 2 is 1.62 bits per heavy atom. The summed E-state index contributed by atoms with van der Waals surface area (Å²) in [5.41, 5.74) is 11.6. The predicted octanol–water partition coefficient (Wildman–Crippen LogP) is -2.58. The Labute approximate surface area is 212 Å². The largest absolute Gasteiger partial charge is 0.481 e. The minimum absolute atomic E-state index is 0.0615. The molecule has 1 heterocycles. The van der Waals surface area contributed by atoms with E-state index in [9.17, 15) is 38.7 Å². The fraction of sp³-hybridized carbons (Fsp3) is 0.682. The average molecular weight is 530 g/mol.